The van der Waals surface area contributed by atoms with Crippen LogP contribution in [-0.2, 0) is 0 Å². The van der Waals surface area contributed by atoms with Crippen LogP contribution in [0.5, 0.6) is 0 Å². The smallest absolute Gasteiger partial charge is 0.168 e. The van der Waals surface area contributed by atoms with Crippen molar-refractivity contribution in [2.24, 2.45) is 0 Å². The number of rotatable bonds is 2. The fraction of sp³-hybridized carbons (Fsp3) is 0.400. The molecule has 1 aliphatic rings. The summed E-state index contributed by atoms with van der Waals surface area (Å²) in [6, 6.07) is 4.01. The molecule has 1 aromatic heterocycles. The van der Waals surface area contributed by atoms with Crippen LogP contribution < -0.4 is 10.6 Å². The maximum atomic E-state index is 10.4. The first-order valence-corrected chi connectivity index (χ1v) is 4.75. The van der Waals surface area contributed by atoms with Gasteiger partial charge in [0.15, 0.2) is 6.29 Å². The maximum Gasteiger partial charge on any atom is 0.168 e. The van der Waals surface area contributed by atoms with Gasteiger partial charge in [-0.25, -0.2) is 0 Å². The fourth-order valence-electron chi connectivity index (χ4n) is 1.58. The Morgan fingerprint density at radius 1 is 1.43 bits per heavy atom. The number of hydrogen-bond acceptors (Lipinski definition) is 4. The Morgan fingerprint density at radius 3 is 2.93 bits per heavy atom. The Bertz CT molecular complexity index is 304. The van der Waals surface area contributed by atoms with Gasteiger partial charge < -0.3 is 10.6 Å². The van der Waals surface area contributed by atoms with Crippen molar-refractivity contribution in [3.05, 3.63) is 29.6 Å². The predicted octanol–water partition coefficient (Wildman–Crippen LogP) is 0.128. The summed E-state index contributed by atoms with van der Waals surface area (Å²) in [7, 11) is 0. The van der Waals surface area contributed by atoms with Crippen LogP contribution in [0.2, 0.25) is 0 Å². The molecule has 1 aromatic rings. The minimum absolute atomic E-state index is 0.317. The van der Waals surface area contributed by atoms with E-state index in [1.807, 2.05) is 6.07 Å². The van der Waals surface area contributed by atoms with Gasteiger partial charge in [-0.3, -0.25) is 9.78 Å². The number of pyridine rings is 1. The second-order valence-corrected chi connectivity index (χ2v) is 3.35. The van der Waals surface area contributed by atoms with Crippen molar-refractivity contribution in [1.82, 2.24) is 15.6 Å². The highest BCUT2D eigenvalue weighted by atomic mass is 16.1. The van der Waals surface area contributed by atoms with Crippen LogP contribution in [0.4, 0.5) is 0 Å². The highest BCUT2D eigenvalue weighted by Crippen LogP contribution is 2.12. The Morgan fingerprint density at radius 2 is 2.36 bits per heavy atom. The van der Waals surface area contributed by atoms with E-state index in [9.17, 15) is 4.79 Å². The zero-order valence-corrected chi connectivity index (χ0v) is 7.86. The van der Waals surface area contributed by atoms with Crippen LogP contribution in [0.25, 0.3) is 0 Å². The largest absolute Gasteiger partial charge is 0.314 e. The first-order chi connectivity index (χ1) is 6.90. The molecule has 1 fully saturated rings. The lowest BCUT2D eigenvalue weighted by atomic mass is 10.1. The number of aromatic nitrogens is 1. The van der Waals surface area contributed by atoms with Gasteiger partial charge in [-0.05, 0) is 11.6 Å². The molecule has 0 radical (unpaired) electrons. The summed E-state index contributed by atoms with van der Waals surface area (Å²) in [4.78, 5) is 14.4. The summed E-state index contributed by atoms with van der Waals surface area (Å²) in [6.07, 6.45) is 2.52. The molecule has 1 saturated heterocycles. The number of hydrogen-bond donors (Lipinski definition) is 2. The molecular formula is C10H13N3O. The van der Waals surface area contributed by atoms with Gasteiger partial charge >= 0.3 is 0 Å². The molecule has 0 aromatic carbocycles. The van der Waals surface area contributed by atoms with Crippen LogP contribution in [0.3, 0.4) is 0 Å². The summed E-state index contributed by atoms with van der Waals surface area (Å²) >= 11 is 0. The number of carbonyl (C=O) groups is 1. The minimum Gasteiger partial charge on any atom is -0.314 e. The van der Waals surface area contributed by atoms with E-state index in [2.05, 4.69) is 15.6 Å². The van der Waals surface area contributed by atoms with Gasteiger partial charge in [0, 0.05) is 31.9 Å². The third kappa shape index (κ3) is 1.97. The fourth-order valence-corrected chi connectivity index (χ4v) is 1.58. The Hall–Kier alpha value is -1.26. The molecule has 74 valence electrons. The predicted molar refractivity (Wildman–Crippen MR) is 53.2 cm³/mol. The zero-order chi connectivity index (χ0) is 9.80. The second kappa shape index (κ2) is 4.30. The lowest BCUT2D eigenvalue weighted by molar-refractivity contribution is 0.111. The third-order valence-electron chi connectivity index (χ3n) is 2.37. The molecule has 0 unspecified atom stereocenters. The molecule has 14 heavy (non-hydrogen) atoms. The van der Waals surface area contributed by atoms with Crippen molar-refractivity contribution < 1.29 is 4.79 Å². The average molecular weight is 191 g/mol. The number of nitrogens with zero attached hydrogens (tertiary/aromatic N) is 1. The monoisotopic (exact) mass is 191 g/mol. The highest BCUT2D eigenvalue weighted by molar-refractivity contribution is 5.71. The van der Waals surface area contributed by atoms with Gasteiger partial charge in [0.2, 0.25) is 0 Å². The molecule has 0 bridgehead atoms. The standard InChI is InChI=1S/C10H13N3O/c14-7-9-2-1-8(5-13-9)10-6-11-3-4-12-10/h1-2,5,7,10-12H,3-4,6H2/t10-/m1/s1. The zero-order valence-electron chi connectivity index (χ0n) is 7.86. The quantitative estimate of drug-likeness (QED) is 0.652. The van der Waals surface area contributed by atoms with Crippen molar-refractivity contribution in [3.8, 4) is 0 Å². The summed E-state index contributed by atoms with van der Waals surface area (Å²) in [6.45, 7) is 2.90. The van der Waals surface area contributed by atoms with Gasteiger partial charge in [0.1, 0.15) is 5.69 Å². The number of carbonyl (C=O) groups excluding carboxylic acids is 1. The van der Waals surface area contributed by atoms with E-state index in [1.165, 1.54) is 0 Å². The molecule has 1 atom stereocenters. The molecule has 0 aliphatic carbocycles. The molecule has 4 nitrogen and oxygen atoms in total. The molecule has 2 rings (SSSR count). The van der Waals surface area contributed by atoms with Crippen molar-refractivity contribution in [2.45, 2.75) is 6.04 Å². The van der Waals surface area contributed by atoms with E-state index in [1.54, 1.807) is 12.3 Å². The molecular weight excluding hydrogens is 178 g/mol. The molecule has 0 saturated carbocycles. The van der Waals surface area contributed by atoms with Crippen LogP contribution in [0, 0.1) is 0 Å². The van der Waals surface area contributed by atoms with Crippen LogP contribution in [0.1, 0.15) is 22.1 Å². The van der Waals surface area contributed by atoms with Crippen molar-refractivity contribution >= 4 is 6.29 Å². The number of aldehydes is 1. The first-order valence-electron chi connectivity index (χ1n) is 4.75. The van der Waals surface area contributed by atoms with Gasteiger partial charge in [-0.15, -0.1) is 0 Å². The lowest BCUT2D eigenvalue weighted by Crippen LogP contribution is -2.42. The van der Waals surface area contributed by atoms with Gasteiger partial charge in [0.25, 0.3) is 0 Å². The minimum atomic E-state index is 0.317. The normalized spacial score (nSPS) is 21.9. The van der Waals surface area contributed by atoms with E-state index in [0.717, 1.165) is 31.5 Å². The topological polar surface area (TPSA) is 54.0 Å². The van der Waals surface area contributed by atoms with E-state index in [0.29, 0.717) is 11.7 Å². The third-order valence-corrected chi connectivity index (χ3v) is 2.37. The molecule has 0 amide bonds. The molecule has 1 aliphatic heterocycles. The Balaban J connectivity index is 2.11. The number of piperazine rings is 1. The Kier molecular flexibility index (Phi) is 2.86. The summed E-state index contributed by atoms with van der Waals surface area (Å²) < 4.78 is 0. The van der Waals surface area contributed by atoms with Crippen molar-refractivity contribution in [2.75, 3.05) is 19.6 Å². The van der Waals surface area contributed by atoms with E-state index >= 15 is 0 Å². The molecule has 2 heterocycles. The molecule has 0 spiro atoms. The van der Waals surface area contributed by atoms with Gasteiger partial charge in [-0.1, -0.05) is 6.07 Å². The van der Waals surface area contributed by atoms with Crippen LogP contribution in [-0.4, -0.2) is 30.9 Å². The molecule has 4 heteroatoms. The lowest BCUT2D eigenvalue weighted by Gasteiger charge is -2.24. The summed E-state index contributed by atoms with van der Waals surface area (Å²) in [5.74, 6) is 0. The first kappa shape index (κ1) is 9.30. The SMILES string of the molecule is O=Cc1ccc([C@H]2CNCCN2)cn1. The van der Waals surface area contributed by atoms with Gasteiger partial charge in [-0.2, -0.15) is 0 Å². The van der Waals surface area contributed by atoms with E-state index in [4.69, 9.17) is 0 Å². The maximum absolute atomic E-state index is 10.4. The van der Waals surface area contributed by atoms with E-state index in [-0.39, 0.29) is 0 Å². The van der Waals surface area contributed by atoms with Crippen molar-refractivity contribution in [1.29, 1.82) is 0 Å². The van der Waals surface area contributed by atoms with Crippen molar-refractivity contribution in [3.63, 3.8) is 0 Å². The summed E-state index contributed by atoms with van der Waals surface area (Å²) in [5.41, 5.74) is 1.61. The second-order valence-electron chi connectivity index (χ2n) is 3.35. The average Bonchev–Trinajstić information content (AvgIpc) is 2.30. The highest BCUT2D eigenvalue weighted by Gasteiger charge is 2.13. The number of nitrogens with one attached hydrogen (secondary N) is 2. The van der Waals surface area contributed by atoms with Crippen LogP contribution >= 0.6 is 0 Å². The van der Waals surface area contributed by atoms with Crippen LogP contribution in [0.15, 0.2) is 18.3 Å². The Labute approximate surface area is 82.7 Å². The van der Waals surface area contributed by atoms with E-state index < -0.39 is 0 Å². The molecule has 2 N–H and O–H groups in total. The summed E-state index contributed by atoms with van der Waals surface area (Å²) in [5, 5.41) is 6.68. The van der Waals surface area contributed by atoms with Gasteiger partial charge in [0.05, 0.1) is 0 Å².